The highest BCUT2D eigenvalue weighted by atomic mass is 35.5. The van der Waals surface area contributed by atoms with E-state index in [9.17, 15) is 18.3 Å². The lowest BCUT2D eigenvalue weighted by Crippen LogP contribution is -2.46. The van der Waals surface area contributed by atoms with Crippen LogP contribution in [-0.2, 0) is 10.8 Å². The monoisotopic (exact) mass is 458 g/mol. The Kier molecular flexibility index (Phi) is 9.84. The maximum atomic E-state index is 13.4. The van der Waals surface area contributed by atoms with Gasteiger partial charge in [0.2, 0.25) is 0 Å². The third-order valence-corrected chi connectivity index (χ3v) is 5.19. The molecule has 0 bridgehead atoms. The Morgan fingerprint density at radius 2 is 1.48 bits per heavy atom. The number of rotatable bonds is 3. The van der Waals surface area contributed by atoms with Crippen LogP contribution in [0, 0.1) is 0 Å². The minimum absolute atomic E-state index is 0. The minimum Gasteiger partial charge on any atom is -0.507 e. The van der Waals surface area contributed by atoms with Crippen molar-refractivity contribution in [1.29, 1.82) is 0 Å². The molecule has 1 aromatic rings. The molecule has 8 heteroatoms. The van der Waals surface area contributed by atoms with Crippen molar-refractivity contribution >= 4 is 24.8 Å². The molecule has 0 aliphatic carbocycles. The molecule has 0 spiro atoms. The number of halogens is 5. The highest BCUT2D eigenvalue weighted by molar-refractivity contribution is 5.85. The van der Waals surface area contributed by atoms with Gasteiger partial charge in [-0.05, 0) is 28.0 Å². The van der Waals surface area contributed by atoms with Crippen molar-refractivity contribution in [2.75, 3.05) is 26.2 Å². The molecule has 2 N–H and O–H groups in total. The lowest BCUT2D eigenvalue weighted by atomic mass is 9.77. The summed E-state index contributed by atoms with van der Waals surface area (Å²) in [6.07, 6.45) is -5.26. The predicted octanol–water partition coefficient (Wildman–Crippen LogP) is 5.73. The van der Waals surface area contributed by atoms with Crippen molar-refractivity contribution in [3.8, 4) is 5.75 Å². The highest BCUT2D eigenvalue weighted by Crippen LogP contribution is 2.44. The summed E-state index contributed by atoms with van der Waals surface area (Å²) in [6, 6.07) is 2.85. The molecule has 1 atom stereocenters. The summed E-state index contributed by atoms with van der Waals surface area (Å²) in [5.41, 5.74) is 1.45. The van der Waals surface area contributed by atoms with Gasteiger partial charge >= 0.3 is 6.18 Å². The van der Waals surface area contributed by atoms with Crippen molar-refractivity contribution in [3.05, 3.63) is 28.8 Å². The van der Waals surface area contributed by atoms with E-state index >= 15 is 0 Å². The molecule has 0 saturated carbocycles. The average Bonchev–Trinajstić information content (AvgIpc) is 2.51. The molecule has 1 fully saturated rings. The van der Waals surface area contributed by atoms with Gasteiger partial charge in [-0.25, -0.2) is 0 Å². The molecule has 0 unspecified atom stereocenters. The van der Waals surface area contributed by atoms with Crippen molar-refractivity contribution in [3.63, 3.8) is 0 Å². The second-order valence-electron chi connectivity index (χ2n) is 9.58. The second kappa shape index (κ2) is 10.1. The Bertz CT molecular complexity index is 662. The molecule has 1 aromatic carbocycles. The number of phenols is 1. The standard InChI is InChI=1S/C21H33F3N2O.2ClH/c1-19(2,3)14-11-15(18(27)16(12-14)20(4,5)6)17(13-21(22,23)24)26-9-7-25-8-10-26;;/h11-12,17,25,27H,7-10,13H2,1-6H3;2*1H/t17-;;/m1../s1. The van der Waals surface area contributed by atoms with Gasteiger partial charge in [0.1, 0.15) is 5.75 Å². The van der Waals surface area contributed by atoms with E-state index in [2.05, 4.69) is 5.32 Å². The van der Waals surface area contributed by atoms with Crippen LogP contribution < -0.4 is 5.32 Å². The molecule has 1 saturated heterocycles. The molecular formula is C21H35Cl2F3N2O. The van der Waals surface area contributed by atoms with Crippen LogP contribution in [0.5, 0.6) is 5.75 Å². The van der Waals surface area contributed by atoms with Crippen LogP contribution >= 0.6 is 24.8 Å². The van der Waals surface area contributed by atoms with Crippen LogP contribution in [0.3, 0.4) is 0 Å². The number of hydrogen-bond acceptors (Lipinski definition) is 3. The molecule has 3 nitrogen and oxygen atoms in total. The van der Waals surface area contributed by atoms with E-state index in [4.69, 9.17) is 0 Å². The molecule has 1 heterocycles. The number of hydrogen-bond donors (Lipinski definition) is 2. The van der Waals surface area contributed by atoms with E-state index < -0.39 is 18.6 Å². The van der Waals surface area contributed by atoms with Gasteiger partial charge in [-0.15, -0.1) is 24.8 Å². The van der Waals surface area contributed by atoms with Crippen LogP contribution in [0.1, 0.15) is 70.7 Å². The number of alkyl halides is 3. The molecule has 1 aliphatic heterocycles. The highest BCUT2D eigenvalue weighted by Gasteiger charge is 2.38. The van der Waals surface area contributed by atoms with Gasteiger partial charge < -0.3 is 10.4 Å². The number of piperazine rings is 1. The topological polar surface area (TPSA) is 35.5 Å². The summed E-state index contributed by atoms with van der Waals surface area (Å²) in [6.45, 7) is 14.4. The van der Waals surface area contributed by atoms with E-state index in [1.165, 1.54) is 0 Å². The summed E-state index contributed by atoms with van der Waals surface area (Å²) in [4.78, 5) is 1.85. The van der Waals surface area contributed by atoms with Gasteiger partial charge in [0.25, 0.3) is 0 Å². The first-order valence-electron chi connectivity index (χ1n) is 9.59. The summed E-state index contributed by atoms with van der Waals surface area (Å²) in [7, 11) is 0. The first kappa shape index (κ1) is 28.3. The molecule has 2 rings (SSSR count). The summed E-state index contributed by atoms with van der Waals surface area (Å²) in [5.74, 6) is 0.00304. The van der Waals surface area contributed by atoms with E-state index in [-0.39, 0.29) is 41.4 Å². The minimum atomic E-state index is -4.30. The molecule has 170 valence electrons. The van der Waals surface area contributed by atoms with Crippen molar-refractivity contribution in [2.24, 2.45) is 0 Å². The Hall–Kier alpha value is -0.690. The van der Waals surface area contributed by atoms with Gasteiger partial charge in [-0.1, -0.05) is 47.6 Å². The molecule has 0 radical (unpaired) electrons. The second-order valence-corrected chi connectivity index (χ2v) is 9.58. The van der Waals surface area contributed by atoms with Crippen LogP contribution in [0.15, 0.2) is 12.1 Å². The van der Waals surface area contributed by atoms with Crippen LogP contribution in [0.25, 0.3) is 0 Å². The normalized spacial score (nSPS) is 17.3. The zero-order valence-corrected chi connectivity index (χ0v) is 19.7. The quantitative estimate of drug-likeness (QED) is 0.606. The van der Waals surface area contributed by atoms with Crippen molar-refractivity contribution in [2.45, 2.75) is 71.0 Å². The lowest BCUT2D eigenvalue weighted by Gasteiger charge is -2.37. The van der Waals surface area contributed by atoms with E-state index in [1.54, 1.807) is 6.07 Å². The summed E-state index contributed by atoms with van der Waals surface area (Å²) in [5, 5.41) is 14.2. The fourth-order valence-corrected chi connectivity index (χ4v) is 3.56. The molecule has 29 heavy (non-hydrogen) atoms. The largest absolute Gasteiger partial charge is 0.507 e. The fourth-order valence-electron chi connectivity index (χ4n) is 3.56. The Balaban J connectivity index is 0.00000392. The van der Waals surface area contributed by atoms with E-state index in [1.807, 2.05) is 52.5 Å². The Morgan fingerprint density at radius 3 is 1.90 bits per heavy atom. The maximum Gasteiger partial charge on any atom is 0.390 e. The third kappa shape index (κ3) is 7.50. The van der Waals surface area contributed by atoms with Crippen LogP contribution in [-0.4, -0.2) is 42.4 Å². The number of benzene rings is 1. The molecular weight excluding hydrogens is 424 g/mol. The zero-order valence-electron chi connectivity index (χ0n) is 18.1. The predicted molar refractivity (Wildman–Crippen MR) is 118 cm³/mol. The van der Waals surface area contributed by atoms with Gasteiger partial charge in [-0.2, -0.15) is 13.2 Å². The lowest BCUT2D eigenvalue weighted by molar-refractivity contribution is -0.148. The van der Waals surface area contributed by atoms with Crippen molar-refractivity contribution < 1.29 is 18.3 Å². The van der Waals surface area contributed by atoms with Crippen LogP contribution in [0.4, 0.5) is 13.2 Å². The van der Waals surface area contributed by atoms with Gasteiger partial charge in [0, 0.05) is 37.8 Å². The SMILES string of the molecule is CC(C)(C)c1cc([C@@H](CC(F)(F)F)N2CCNCC2)c(O)c(C(C)(C)C)c1.Cl.Cl. The van der Waals surface area contributed by atoms with E-state index in [0.717, 1.165) is 5.56 Å². The number of nitrogens with one attached hydrogen (secondary N) is 1. The van der Waals surface area contributed by atoms with Gasteiger partial charge in [0.05, 0.1) is 6.42 Å². The van der Waals surface area contributed by atoms with E-state index in [0.29, 0.717) is 37.3 Å². The smallest absolute Gasteiger partial charge is 0.390 e. The third-order valence-electron chi connectivity index (χ3n) is 5.19. The Labute approximate surface area is 185 Å². The number of aromatic hydroxyl groups is 1. The van der Waals surface area contributed by atoms with Crippen molar-refractivity contribution in [1.82, 2.24) is 10.2 Å². The molecule has 0 amide bonds. The summed E-state index contributed by atoms with van der Waals surface area (Å²) < 4.78 is 40.3. The first-order valence-corrected chi connectivity index (χ1v) is 9.59. The fraction of sp³-hybridized carbons (Fsp3) is 0.714. The molecule has 0 aromatic heterocycles. The zero-order chi connectivity index (χ0) is 20.6. The van der Waals surface area contributed by atoms with Crippen LogP contribution in [0.2, 0.25) is 0 Å². The average molecular weight is 459 g/mol. The summed E-state index contributed by atoms with van der Waals surface area (Å²) >= 11 is 0. The first-order chi connectivity index (χ1) is 12.2. The number of phenolic OH excluding ortho intramolecular Hbond substituents is 1. The van der Waals surface area contributed by atoms with Gasteiger partial charge in [-0.3, -0.25) is 4.90 Å². The van der Waals surface area contributed by atoms with Gasteiger partial charge in [0.15, 0.2) is 0 Å². The number of nitrogens with zero attached hydrogens (tertiary/aromatic N) is 1. The maximum absolute atomic E-state index is 13.4. The Morgan fingerprint density at radius 1 is 0.966 bits per heavy atom. The molecule has 1 aliphatic rings.